The zero-order valence-electron chi connectivity index (χ0n) is 4.54. The van der Waals surface area contributed by atoms with Gasteiger partial charge in [0, 0.05) is 0 Å². The molecule has 0 aromatic carbocycles. The average molecular weight is 204 g/mol. The van der Waals surface area contributed by atoms with Crippen LogP contribution >= 0.6 is 0 Å². The third-order valence-electron chi connectivity index (χ3n) is 0.172. The zero-order chi connectivity index (χ0) is 8.57. The summed E-state index contributed by atoms with van der Waals surface area (Å²) in [5.74, 6) is 0. The van der Waals surface area contributed by atoms with Crippen LogP contribution in [0.4, 0.5) is 4.79 Å². The SMILES string of the molecule is O=C(O)OO.OOB(O)O.[NaH].[NaH]. The van der Waals surface area contributed by atoms with Crippen LogP contribution in [0.25, 0.3) is 0 Å². The van der Waals surface area contributed by atoms with Crippen molar-refractivity contribution in [2.45, 2.75) is 0 Å². The molecule has 0 rings (SSSR count). The maximum atomic E-state index is 8.90. The first-order valence-electron chi connectivity index (χ1n) is 1.75. The Hall–Kier alpha value is 1.13. The summed E-state index contributed by atoms with van der Waals surface area (Å²) in [5, 5.41) is 36.3. The normalized spacial score (nSPS) is 6.00. The predicted octanol–water partition coefficient (Wildman–Crippen LogP) is -2.70. The molecular weight excluding hydrogens is 197 g/mol. The summed E-state index contributed by atoms with van der Waals surface area (Å²) in [6, 6.07) is 0. The van der Waals surface area contributed by atoms with E-state index in [4.69, 9.17) is 30.5 Å². The van der Waals surface area contributed by atoms with Crippen molar-refractivity contribution < 1.29 is 40.2 Å². The third-order valence-corrected chi connectivity index (χ3v) is 0.172. The van der Waals surface area contributed by atoms with E-state index in [-0.39, 0.29) is 59.1 Å². The zero-order valence-corrected chi connectivity index (χ0v) is 4.54. The molecule has 0 aliphatic rings. The van der Waals surface area contributed by atoms with Gasteiger partial charge >= 0.3 is 72.6 Å². The van der Waals surface area contributed by atoms with Gasteiger partial charge in [0.2, 0.25) is 0 Å². The number of rotatable bonds is 1. The summed E-state index contributed by atoms with van der Waals surface area (Å²) < 4.78 is 0. The van der Waals surface area contributed by atoms with Crippen LogP contribution in [-0.2, 0) is 9.69 Å². The molecule has 0 aliphatic heterocycles. The molecule has 64 valence electrons. The molecule has 0 spiro atoms. The summed E-state index contributed by atoms with van der Waals surface area (Å²) in [7, 11) is -2.06. The molecule has 0 bridgehead atoms. The topological polar surface area (TPSA) is 137 Å². The predicted molar refractivity (Wildman–Crippen MR) is 39.9 cm³/mol. The molecule has 0 aliphatic carbocycles. The Kier molecular flexibility index (Phi) is 34.8. The maximum absolute atomic E-state index is 8.90. The second kappa shape index (κ2) is 18.0. The molecule has 0 unspecified atom stereocenters. The summed E-state index contributed by atoms with van der Waals surface area (Å²) in [6.07, 6.45) is -1.69. The molecular formula is CH7BNa2O8. The Morgan fingerprint density at radius 2 is 1.33 bits per heavy atom. The van der Waals surface area contributed by atoms with Crippen molar-refractivity contribution in [3.8, 4) is 0 Å². The average Bonchev–Trinajstić information content (AvgIpc) is 1.89. The molecule has 8 nitrogen and oxygen atoms in total. The number of carboxylic acid groups (broad SMARTS) is 1. The Balaban J connectivity index is -0.0000000457. The van der Waals surface area contributed by atoms with Gasteiger partial charge in [-0.1, -0.05) is 0 Å². The monoisotopic (exact) mass is 204 g/mol. The van der Waals surface area contributed by atoms with Crippen molar-refractivity contribution in [2.75, 3.05) is 0 Å². The second-order valence-electron chi connectivity index (χ2n) is 0.789. The molecule has 0 aromatic heterocycles. The first-order chi connectivity index (χ1) is 4.54. The Labute approximate surface area is 112 Å². The van der Waals surface area contributed by atoms with Gasteiger partial charge in [0.15, 0.2) is 0 Å². The van der Waals surface area contributed by atoms with E-state index in [0.717, 1.165) is 0 Å². The molecule has 12 heavy (non-hydrogen) atoms. The molecule has 0 amide bonds. The van der Waals surface area contributed by atoms with Gasteiger partial charge in [0.05, 0.1) is 0 Å². The number of hydrogen-bond donors (Lipinski definition) is 5. The molecule has 0 radical (unpaired) electrons. The van der Waals surface area contributed by atoms with E-state index in [2.05, 4.69) is 9.69 Å². The van der Waals surface area contributed by atoms with E-state index < -0.39 is 13.5 Å². The van der Waals surface area contributed by atoms with E-state index in [0.29, 0.717) is 0 Å². The van der Waals surface area contributed by atoms with Gasteiger partial charge in [-0.05, 0) is 0 Å². The van der Waals surface area contributed by atoms with Gasteiger partial charge in [-0.3, -0.25) is 10.1 Å². The van der Waals surface area contributed by atoms with Crippen molar-refractivity contribution in [2.24, 2.45) is 0 Å². The first-order valence-corrected chi connectivity index (χ1v) is 1.75. The van der Waals surface area contributed by atoms with E-state index in [1.54, 1.807) is 0 Å². The van der Waals surface area contributed by atoms with Gasteiger partial charge in [0.25, 0.3) is 0 Å². The van der Waals surface area contributed by atoms with Crippen LogP contribution in [0.5, 0.6) is 0 Å². The third kappa shape index (κ3) is 43.4. The Morgan fingerprint density at radius 1 is 1.17 bits per heavy atom. The van der Waals surface area contributed by atoms with Crippen LogP contribution in [0.15, 0.2) is 0 Å². The number of carbonyl (C=O) groups is 1. The van der Waals surface area contributed by atoms with E-state index >= 15 is 0 Å². The fourth-order valence-electron chi connectivity index (χ4n) is 0. The molecule has 0 atom stereocenters. The van der Waals surface area contributed by atoms with Crippen LogP contribution in [0.3, 0.4) is 0 Å². The van der Waals surface area contributed by atoms with Crippen molar-refractivity contribution in [1.82, 2.24) is 0 Å². The standard InChI is InChI=1S/CH2O4.BH3O4.2Na.2H/c2*2-1(3)5-4;;;;/h4H,(H,2,3);2-4H;;;;. The van der Waals surface area contributed by atoms with E-state index in [9.17, 15) is 0 Å². The summed E-state index contributed by atoms with van der Waals surface area (Å²) in [4.78, 5) is 14.4. The Bertz CT molecular complexity index is 87.1. The van der Waals surface area contributed by atoms with Gasteiger partial charge in [-0.2, -0.15) is 5.26 Å². The Morgan fingerprint density at radius 3 is 1.33 bits per heavy atom. The van der Waals surface area contributed by atoms with Crippen molar-refractivity contribution in [3.63, 3.8) is 0 Å². The van der Waals surface area contributed by atoms with Gasteiger partial charge in [-0.15, -0.1) is 0 Å². The van der Waals surface area contributed by atoms with Crippen LogP contribution in [0, 0.1) is 0 Å². The molecule has 0 fully saturated rings. The van der Waals surface area contributed by atoms with Crippen LogP contribution in [0.1, 0.15) is 0 Å². The second-order valence-corrected chi connectivity index (χ2v) is 0.789. The fraction of sp³-hybridized carbons (Fsp3) is 0. The van der Waals surface area contributed by atoms with Crippen LogP contribution < -0.4 is 0 Å². The number of hydrogen-bond acceptors (Lipinski definition) is 7. The molecule has 0 aromatic rings. The molecule has 0 heterocycles. The fourth-order valence-corrected chi connectivity index (χ4v) is 0. The minimum absolute atomic E-state index is 0. The molecule has 0 saturated carbocycles. The van der Waals surface area contributed by atoms with Crippen LogP contribution in [0.2, 0.25) is 0 Å². The molecule has 5 N–H and O–H groups in total. The van der Waals surface area contributed by atoms with E-state index in [1.165, 1.54) is 0 Å². The summed E-state index contributed by atoms with van der Waals surface area (Å²) in [6.45, 7) is 0. The van der Waals surface area contributed by atoms with E-state index in [1.807, 2.05) is 0 Å². The summed E-state index contributed by atoms with van der Waals surface area (Å²) >= 11 is 0. The quantitative estimate of drug-likeness (QED) is 0.177. The van der Waals surface area contributed by atoms with Crippen LogP contribution in [-0.4, -0.2) is 98.3 Å². The van der Waals surface area contributed by atoms with Crippen molar-refractivity contribution >= 4 is 72.6 Å². The molecule has 11 heteroatoms. The van der Waals surface area contributed by atoms with Gasteiger partial charge < -0.3 is 15.2 Å². The first kappa shape index (κ1) is 23.2. The molecule has 0 saturated heterocycles. The van der Waals surface area contributed by atoms with Crippen molar-refractivity contribution in [3.05, 3.63) is 0 Å². The van der Waals surface area contributed by atoms with Gasteiger partial charge in [0.1, 0.15) is 0 Å². The van der Waals surface area contributed by atoms with Gasteiger partial charge in [-0.25, -0.2) is 9.60 Å². The minimum atomic E-state index is -2.06. The van der Waals surface area contributed by atoms with Crippen molar-refractivity contribution in [1.29, 1.82) is 0 Å². The summed E-state index contributed by atoms with van der Waals surface area (Å²) in [5.41, 5.74) is 0.